The average Bonchev–Trinajstić information content (AvgIpc) is 0.836. The number of aromatic nitrogens is 6. The summed E-state index contributed by atoms with van der Waals surface area (Å²) in [6, 6.07) is 60.8. The predicted octanol–water partition coefficient (Wildman–Crippen LogP) is 12.2. The van der Waals surface area contributed by atoms with Gasteiger partial charge >= 0.3 is 0 Å². The first-order chi connectivity index (χ1) is 45.7. The maximum Gasteiger partial charge on any atom is 0.248 e. The molecule has 0 saturated heterocycles. The van der Waals surface area contributed by atoms with E-state index in [1.54, 1.807) is 17.1 Å². The number of sulfonamides is 1. The molecular formula is C72H86Cl2N10O9S2. The van der Waals surface area contributed by atoms with Gasteiger partial charge in [0.1, 0.15) is 35.0 Å². The minimum absolute atomic E-state index is 0.171. The Morgan fingerprint density at radius 3 is 1.19 bits per heavy atom. The van der Waals surface area contributed by atoms with E-state index < -0.39 is 37.3 Å². The van der Waals surface area contributed by atoms with Gasteiger partial charge < -0.3 is 30.1 Å². The smallest absolute Gasteiger partial charge is 0.248 e. The lowest BCUT2D eigenvalue weighted by atomic mass is 10.0. The largest absolute Gasteiger partial charge is 0.396 e. The number of sulfone groups is 1. The van der Waals surface area contributed by atoms with Crippen LogP contribution in [0.25, 0.3) is 67.5 Å². The van der Waals surface area contributed by atoms with Crippen molar-refractivity contribution in [1.82, 2.24) is 39.9 Å². The van der Waals surface area contributed by atoms with E-state index >= 15 is 0 Å². The Balaban J connectivity index is 0.000000233. The van der Waals surface area contributed by atoms with Crippen LogP contribution < -0.4 is 19.8 Å². The molecule has 0 atom stereocenters. The number of aliphatic hydroxyl groups is 2. The molecule has 0 fully saturated rings. The molecule has 0 aliphatic heterocycles. The van der Waals surface area contributed by atoms with E-state index in [0.29, 0.717) is 24.4 Å². The third kappa shape index (κ3) is 29.4. The van der Waals surface area contributed by atoms with Gasteiger partial charge in [-0.2, -0.15) is 0 Å². The highest BCUT2D eigenvalue weighted by atomic mass is 35.5. The maximum atomic E-state index is 11.5. The average molecular weight is 1370 g/mol. The predicted molar refractivity (Wildman–Crippen MR) is 385 cm³/mol. The normalized spacial score (nSPS) is 10.9. The maximum absolute atomic E-state index is 11.5. The van der Waals surface area contributed by atoms with E-state index in [2.05, 4.69) is 58.3 Å². The lowest BCUT2D eigenvalue weighted by Crippen LogP contribution is -2.30. The standard InChI is InChI=1S/C25H29N3O4S.C21H23N3O.C16H11ClN2.C7H17NO.C3H6ClNO3S/c1-28(15-9-10-16-32-18-22(29)19-33(2,30)31)23-17-26-24(20-11-5-3-6-12-20)25(27-23)21-13-7-4-8-14-21;1-24(14-8-9-15-25)19-16-22-20(17-10-4-2-5-11-17)21(23-19)18-12-6-3-7-13-18;17-14-11-18-15(12-7-3-1-4-8-12)16(19-14)13-9-5-2-6-10-13;1-7(2)8-5-3-4-6-9;1-9(7,8)5-3(6)2-4/h3-8,11-14,17H,9-10,15-16,18-19H2,1-2H3;2-7,10-13,16,25H,8-9,14-15H2,1H3;1-11H;7-9H,3-6H2,1-2H3;2H2,1H3,(H,5,6). The molecule has 3 aromatic heterocycles. The molecule has 0 unspecified atom stereocenters. The zero-order valence-corrected chi connectivity index (χ0v) is 57.8. The summed E-state index contributed by atoms with van der Waals surface area (Å²) in [5.74, 6) is -0.324. The van der Waals surface area contributed by atoms with Crippen LogP contribution in [0.5, 0.6) is 0 Å². The number of benzene rings is 6. The van der Waals surface area contributed by atoms with Gasteiger partial charge in [-0.1, -0.05) is 207 Å². The zero-order valence-electron chi connectivity index (χ0n) is 54.6. The number of carbonyl (C=O) groups is 2. The summed E-state index contributed by atoms with van der Waals surface area (Å²) in [4.78, 5) is 54.0. The minimum Gasteiger partial charge on any atom is -0.396 e. The Kier molecular flexibility index (Phi) is 34.3. The molecule has 0 spiro atoms. The van der Waals surface area contributed by atoms with Crippen molar-refractivity contribution in [2.24, 2.45) is 0 Å². The quantitative estimate of drug-likeness (QED) is 0.0262. The van der Waals surface area contributed by atoms with Gasteiger partial charge in [0, 0.05) is 92.7 Å². The van der Waals surface area contributed by atoms with Crippen LogP contribution >= 0.6 is 23.2 Å². The number of unbranched alkanes of at least 4 members (excludes halogenated alkanes) is 3. The molecule has 19 nitrogen and oxygen atoms in total. The fourth-order valence-electron chi connectivity index (χ4n) is 8.93. The van der Waals surface area contributed by atoms with Gasteiger partial charge in [0.2, 0.25) is 15.9 Å². The Bertz CT molecular complexity index is 3920. The van der Waals surface area contributed by atoms with E-state index in [0.717, 1.165) is 150 Å². The number of rotatable bonds is 28. The van der Waals surface area contributed by atoms with Crippen LogP contribution in [0, 0.1) is 0 Å². The second-order valence-electron chi connectivity index (χ2n) is 22.0. The molecule has 0 aliphatic carbocycles. The summed E-state index contributed by atoms with van der Waals surface area (Å²) in [6.07, 6.45) is 12.4. The number of nitrogens with one attached hydrogen (secondary N) is 2. The van der Waals surface area contributed by atoms with Gasteiger partial charge in [-0.05, 0) is 45.1 Å². The van der Waals surface area contributed by atoms with Crippen LogP contribution in [0.1, 0.15) is 52.4 Å². The van der Waals surface area contributed by atoms with Gasteiger partial charge in [-0.25, -0.2) is 31.8 Å². The molecule has 4 N–H and O–H groups in total. The Morgan fingerprint density at radius 2 is 0.853 bits per heavy atom. The number of aliphatic hydroxyl groups excluding tert-OH is 2. The molecule has 23 heteroatoms. The van der Waals surface area contributed by atoms with Crippen molar-refractivity contribution in [1.29, 1.82) is 0 Å². The number of amides is 1. The summed E-state index contributed by atoms with van der Waals surface area (Å²) < 4.78 is 49.6. The lowest BCUT2D eigenvalue weighted by Gasteiger charge is -2.20. The Morgan fingerprint density at radius 1 is 0.505 bits per heavy atom. The summed E-state index contributed by atoms with van der Waals surface area (Å²) in [7, 11) is -2.74. The van der Waals surface area contributed by atoms with Crippen molar-refractivity contribution in [2.75, 3.05) is 94.1 Å². The van der Waals surface area contributed by atoms with Crippen molar-refractivity contribution in [3.05, 3.63) is 206 Å². The molecule has 0 bridgehead atoms. The summed E-state index contributed by atoms with van der Waals surface area (Å²) in [6.45, 7) is 7.63. The number of ether oxygens (including phenoxy) is 1. The first-order valence-electron chi connectivity index (χ1n) is 31.0. The number of halogens is 2. The Labute approximate surface area is 570 Å². The Hall–Kier alpha value is -8.38. The molecule has 9 aromatic rings. The van der Waals surface area contributed by atoms with E-state index in [1.807, 2.05) is 183 Å². The third-order valence-corrected chi connectivity index (χ3v) is 15.4. The van der Waals surface area contributed by atoms with Crippen LogP contribution in [-0.4, -0.2) is 159 Å². The van der Waals surface area contributed by atoms with Crippen LogP contribution in [0.2, 0.25) is 5.15 Å². The highest BCUT2D eigenvalue weighted by Crippen LogP contribution is 2.33. The summed E-state index contributed by atoms with van der Waals surface area (Å²) in [5.41, 5.74) is 11.3. The molecule has 504 valence electrons. The van der Waals surface area contributed by atoms with Crippen LogP contribution in [0.15, 0.2) is 201 Å². The zero-order chi connectivity index (χ0) is 68.9. The van der Waals surface area contributed by atoms with Crippen molar-refractivity contribution < 1.29 is 41.4 Å². The number of hydrogen-bond donors (Lipinski definition) is 4. The third-order valence-electron chi connectivity index (χ3n) is 13.5. The summed E-state index contributed by atoms with van der Waals surface area (Å²) in [5, 5.41) is 21.0. The molecule has 1 amide bonds. The topological polar surface area (TPSA) is 260 Å². The highest BCUT2D eigenvalue weighted by Gasteiger charge is 2.17. The first-order valence-corrected chi connectivity index (χ1v) is 35.9. The van der Waals surface area contributed by atoms with E-state index in [4.69, 9.17) is 58.1 Å². The van der Waals surface area contributed by atoms with Crippen LogP contribution in [-0.2, 0) is 34.2 Å². The second-order valence-corrected chi connectivity index (χ2v) is 26.6. The van der Waals surface area contributed by atoms with Gasteiger partial charge in [-0.15, -0.1) is 11.6 Å². The number of ketones is 1. The van der Waals surface area contributed by atoms with Crippen LogP contribution in [0.4, 0.5) is 11.6 Å². The molecule has 95 heavy (non-hydrogen) atoms. The molecule has 3 heterocycles. The minimum atomic E-state index is -3.42. The van der Waals surface area contributed by atoms with E-state index in [9.17, 15) is 26.4 Å². The van der Waals surface area contributed by atoms with Gasteiger partial charge in [0.25, 0.3) is 0 Å². The molecule has 9 rings (SSSR count). The van der Waals surface area contributed by atoms with Crippen molar-refractivity contribution in [3.63, 3.8) is 0 Å². The van der Waals surface area contributed by atoms with Crippen molar-refractivity contribution in [3.8, 4) is 67.5 Å². The van der Waals surface area contributed by atoms with Gasteiger partial charge in [-0.3, -0.25) is 29.3 Å². The first kappa shape index (κ1) is 77.3. The second kappa shape index (κ2) is 42.1. The summed E-state index contributed by atoms with van der Waals surface area (Å²) >= 11 is 11.0. The molecular weight excluding hydrogens is 1280 g/mol. The number of carbonyl (C=O) groups excluding carboxylic acids is 2. The number of alkyl halides is 1. The molecule has 0 radical (unpaired) electrons. The monoisotopic (exact) mass is 1370 g/mol. The van der Waals surface area contributed by atoms with Crippen molar-refractivity contribution in [2.45, 2.75) is 58.4 Å². The van der Waals surface area contributed by atoms with Gasteiger partial charge in [0.05, 0.1) is 59.0 Å². The lowest BCUT2D eigenvalue weighted by molar-refractivity contribution is -0.121. The highest BCUT2D eigenvalue weighted by molar-refractivity contribution is 7.91. The van der Waals surface area contributed by atoms with Crippen molar-refractivity contribution >= 4 is 66.4 Å². The van der Waals surface area contributed by atoms with Gasteiger partial charge in [0.15, 0.2) is 15.6 Å². The molecule has 6 aromatic carbocycles. The SMILES string of the molecule is CC(C)NCCCCO.CN(CCCCO)c1cnc(-c2ccccc2)c(-c2ccccc2)n1.CN(CCCCOCC(=O)CS(C)(=O)=O)c1cnc(-c2ccccc2)c(-c2ccccc2)n1.CS(=O)(=O)NC(=O)CCl.Clc1cnc(-c2ccccc2)c(-c2ccccc2)n1. The fourth-order valence-corrected chi connectivity index (χ4v) is 10.4. The van der Waals surface area contributed by atoms with E-state index in [-0.39, 0.29) is 19.1 Å². The fraction of sp³-hybridized carbons (Fsp3) is 0.306. The number of anilines is 2. The number of hydrogen-bond acceptors (Lipinski definition) is 18. The number of nitrogens with zero attached hydrogens (tertiary/aromatic N) is 8. The molecule has 0 saturated carbocycles. The van der Waals surface area contributed by atoms with E-state index in [1.165, 1.54) is 0 Å². The number of Topliss-reactive ketones (excluding diaryl/α,β-unsaturated/α-hetero) is 1. The van der Waals surface area contributed by atoms with Crippen LogP contribution in [0.3, 0.4) is 0 Å². The molecule has 0 aliphatic rings.